The molecule has 0 saturated heterocycles. The van der Waals surface area contributed by atoms with Crippen LogP contribution in [-0.4, -0.2) is 36.4 Å². The summed E-state index contributed by atoms with van der Waals surface area (Å²) in [5.41, 5.74) is 0. The van der Waals surface area contributed by atoms with Crippen molar-refractivity contribution >= 4 is 11.9 Å². The zero-order valence-electron chi connectivity index (χ0n) is 32.6. The largest absolute Gasteiger partial charge is 0.462 e. The molecule has 0 radical (unpaired) electrons. The van der Waals surface area contributed by atoms with Crippen molar-refractivity contribution in [3.63, 3.8) is 0 Å². The van der Waals surface area contributed by atoms with E-state index in [0.29, 0.717) is 12.8 Å². The summed E-state index contributed by atoms with van der Waals surface area (Å²) in [6.45, 7) is 4.06. The van der Waals surface area contributed by atoms with Gasteiger partial charge in [0.05, 0.1) is 6.61 Å². The van der Waals surface area contributed by atoms with Crippen molar-refractivity contribution in [2.24, 2.45) is 0 Å². The van der Waals surface area contributed by atoms with Gasteiger partial charge in [0, 0.05) is 12.8 Å². The number of allylic oxidation sites excluding steroid dienone is 10. The summed E-state index contributed by atoms with van der Waals surface area (Å²) in [5, 5.41) is 9.57. The highest BCUT2D eigenvalue weighted by Crippen LogP contribution is 2.13. The van der Waals surface area contributed by atoms with Gasteiger partial charge in [-0.25, -0.2) is 0 Å². The molecule has 5 nitrogen and oxygen atoms in total. The zero-order valence-corrected chi connectivity index (χ0v) is 32.6. The lowest BCUT2D eigenvalue weighted by Gasteiger charge is -2.15. The molecule has 0 aliphatic heterocycles. The summed E-state index contributed by atoms with van der Waals surface area (Å²) >= 11 is 0. The molecule has 1 atom stereocenters. The minimum absolute atomic E-state index is 0.0810. The van der Waals surface area contributed by atoms with Crippen molar-refractivity contribution in [3.05, 3.63) is 60.8 Å². The Balaban J connectivity index is 3.60. The molecule has 0 saturated carbocycles. The molecule has 50 heavy (non-hydrogen) atoms. The first-order valence-corrected chi connectivity index (χ1v) is 20.8. The molecule has 288 valence electrons. The maximum atomic E-state index is 12.2. The van der Waals surface area contributed by atoms with Crippen LogP contribution in [0.4, 0.5) is 0 Å². The molecule has 0 spiro atoms. The highest BCUT2D eigenvalue weighted by Gasteiger charge is 2.16. The van der Waals surface area contributed by atoms with Crippen molar-refractivity contribution in [2.75, 3.05) is 13.2 Å². The van der Waals surface area contributed by atoms with E-state index in [9.17, 15) is 14.7 Å². The Bertz CT molecular complexity index is 884. The Morgan fingerprint density at radius 3 is 1.20 bits per heavy atom. The van der Waals surface area contributed by atoms with Crippen LogP contribution in [0, 0.1) is 0 Å². The van der Waals surface area contributed by atoms with Gasteiger partial charge in [0.15, 0.2) is 6.10 Å². The third-order valence-electron chi connectivity index (χ3n) is 8.78. The number of ether oxygens (including phenoxy) is 2. The van der Waals surface area contributed by atoms with E-state index in [-0.39, 0.29) is 25.2 Å². The van der Waals surface area contributed by atoms with Crippen LogP contribution in [0.15, 0.2) is 60.8 Å². The summed E-state index contributed by atoms with van der Waals surface area (Å²) in [7, 11) is 0. The first kappa shape index (κ1) is 47.6. The van der Waals surface area contributed by atoms with Crippen LogP contribution in [0.2, 0.25) is 0 Å². The fraction of sp³-hybridized carbons (Fsp3) is 0.733. The SMILES string of the molecule is CCCCCC=CCC=CCC=CCCCCCCC(=O)OCC(CO)OC(=O)CCCCCCCCCCCC=CCC=CCCCCC. The maximum absolute atomic E-state index is 12.2. The molecule has 0 aliphatic rings. The van der Waals surface area contributed by atoms with E-state index in [1.807, 2.05) is 0 Å². The van der Waals surface area contributed by atoms with Gasteiger partial charge in [-0.3, -0.25) is 9.59 Å². The molecule has 0 fully saturated rings. The van der Waals surface area contributed by atoms with Gasteiger partial charge in [-0.1, -0.05) is 158 Å². The van der Waals surface area contributed by atoms with E-state index >= 15 is 0 Å². The fourth-order valence-corrected chi connectivity index (χ4v) is 5.59. The van der Waals surface area contributed by atoms with Gasteiger partial charge in [-0.15, -0.1) is 0 Å². The number of hydrogen-bond acceptors (Lipinski definition) is 5. The fourth-order valence-electron chi connectivity index (χ4n) is 5.59. The monoisotopic (exact) mass is 699 g/mol. The minimum Gasteiger partial charge on any atom is -0.462 e. The Morgan fingerprint density at radius 2 is 0.800 bits per heavy atom. The molecule has 0 aromatic carbocycles. The lowest BCUT2D eigenvalue weighted by molar-refractivity contribution is -0.161. The molecule has 0 aromatic heterocycles. The summed E-state index contributed by atoms with van der Waals surface area (Å²) < 4.78 is 10.6. The van der Waals surface area contributed by atoms with Gasteiger partial charge in [-0.2, -0.15) is 0 Å². The lowest BCUT2D eigenvalue weighted by atomic mass is 10.1. The van der Waals surface area contributed by atoms with Crippen LogP contribution in [0.1, 0.15) is 194 Å². The van der Waals surface area contributed by atoms with Crippen LogP contribution in [-0.2, 0) is 19.1 Å². The van der Waals surface area contributed by atoms with Gasteiger partial charge >= 0.3 is 11.9 Å². The van der Waals surface area contributed by atoms with E-state index in [1.165, 1.54) is 96.3 Å². The zero-order chi connectivity index (χ0) is 36.4. The highest BCUT2D eigenvalue weighted by atomic mass is 16.6. The highest BCUT2D eigenvalue weighted by molar-refractivity contribution is 5.70. The molecule has 0 aliphatic carbocycles. The number of carbonyl (C=O) groups excluding carboxylic acids is 2. The smallest absolute Gasteiger partial charge is 0.306 e. The van der Waals surface area contributed by atoms with Crippen LogP contribution < -0.4 is 0 Å². The summed E-state index contributed by atoms with van der Waals surface area (Å²) in [6.07, 6.45) is 52.8. The molecule has 0 heterocycles. The number of aliphatic hydroxyl groups excluding tert-OH is 1. The molecular weight excluding hydrogens is 620 g/mol. The molecule has 0 aromatic rings. The standard InChI is InChI=1S/C45H78O5/c1-3-5-7-9-11-13-15-17-19-21-22-24-26-28-30-32-34-36-38-40-45(48)50-43(41-46)42-49-44(47)39-37-35-33-31-29-27-25-23-20-18-16-14-12-10-8-6-4-2/h11-14,17-20,25,27,43,46H,3-10,15-16,21-24,26,28-42H2,1-2H3. The topological polar surface area (TPSA) is 72.8 Å². The summed E-state index contributed by atoms with van der Waals surface area (Å²) in [5.74, 6) is -0.622. The van der Waals surface area contributed by atoms with E-state index < -0.39 is 6.10 Å². The van der Waals surface area contributed by atoms with E-state index in [0.717, 1.165) is 70.6 Å². The van der Waals surface area contributed by atoms with Crippen molar-refractivity contribution in [1.29, 1.82) is 0 Å². The average Bonchev–Trinajstić information content (AvgIpc) is 3.12. The van der Waals surface area contributed by atoms with Gasteiger partial charge in [-0.05, 0) is 83.5 Å². The van der Waals surface area contributed by atoms with Crippen LogP contribution in [0.25, 0.3) is 0 Å². The van der Waals surface area contributed by atoms with Crippen molar-refractivity contribution in [3.8, 4) is 0 Å². The average molecular weight is 699 g/mol. The second-order valence-electron chi connectivity index (χ2n) is 13.7. The van der Waals surface area contributed by atoms with Gasteiger partial charge in [0.1, 0.15) is 6.61 Å². The third kappa shape index (κ3) is 38.4. The van der Waals surface area contributed by atoms with Crippen molar-refractivity contribution in [2.45, 2.75) is 200 Å². The number of aliphatic hydroxyl groups is 1. The molecule has 0 amide bonds. The predicted molar refractivity (Wildman–Crippen MR) is 214 cm³/mol. The second kappa shape index (κ2) is 41.0. The summed E-state index contributed by atoms with van der Waals surface area (Å²) in [6, 6.07) is 0. The molecule has 0 rings (SSSR count). The van der Waals surface area contributed by atoms with Gasteiger partial charge in [0.2, 0.25) is 0 Å². The normalized spacial score (nSPS) is 12.8. The van der Waals surface area contributed by atoms with E-state index in [4.69, 9.17) is 9.47 Å². The number of esters is 2. The van der Waals surface area contributed by atoms with E-state index in [1.54, 1.807) is 0 Å². The molecular formula is C45H78O5. The Kier molecular flexibility index (Phi) is 39.1. The number of rotatable bonds is 37. The molecule has 1 N–H and O–H groups in total. The van der Waals surface area contributed by atoms with Crippen LogP contribution in [0.5, 0.6) is 0 Å². The number of carbonyl (C=O) groups is 2. The van der Waals surface area contributed by atoms with Gasteiger partial charge < -0.3 is 14.6 Å². The van der Waals surface area contributed by atoms with Crippen molar-refractivity contribution in [1.82, 2.24) is 0 Å². The number of unbranched alkanes of at least 4 members (excludes halogenated alkanes) is 19. The van der Waals surface area contributed by atoms with Crippen LogP contribution >= 0.6 is 0 Å². The van der Waals surface area contributed by atoms with Crippen molar-refractivity contribution < 1.29 is 24.2 Å². The molecule has 0 bridgehead atoms. The Morgan fingerprint density at radius 1 is 0.460 bits per heavy atom. The second-order valence-corrected chi connectivity index (χ2v) is 13.7. The van der Waals surface area contributed by atoms with E-state index in [2.05, 4.69) is 74.6 Å². The van der Waals surface area contributed by atoms with Crippen LogP contribution in [0.3, 0.4) is 0 Å². The van der Waals surface area contributed by atoms with Gasteiger partial charge in [0.25, 0.3) is 0 Å². The molecule has 1 unspecified atom stereocenters. The summed E-state index contributed by atoms with van der Waals surface area (Å²) in [4.78, 5) is 24.3. The third-order valence-corrected chi connectivity index (χ3v) is 8.78. The number of hydrogen-bond donors (Lipinski definition) is 1. The maximum Gasteiger partial charge on any atom is 0.306 e. The Labute approximate surface area is 309 Å². The molecule has 5 heteroatoms. The quantitative estimate of drug-likeness (QED) is 0.0397. The lowest BCUT2D eigenvalue weighted by Crippen LogP contribution is -2.28. The first-order chi connectivity index (χ1) is 24.6. The predicted octanol–water partition coefficient (Wildman–Crippen LogP) is 13.2. The first-order valence-electron chi connectivity index (χ1n) is 20.8. The Hall–Kier alpha value is -2.40. The minimum atomic E-state index is -0.784.